The van der Waals surface area contributed by atoms with Gasteiger partial charge in [0.15, 0.2) is 11.5 Å². The van der Waals surface area contributed by atoms with Crippen molar-refractivity contribution in [3.63, 3.8) is 0 Å². The average Bonchev–Trinajstić information content (AvgIpc) is 2.75. The molecule has 1 spiro atoms. The summed E-state index contributed by atoms with van der Waals surface area (Å²) in [4.78, 5) is 0. The highest BCUT2D eigenvalue weighted by molar-refractivity contribution is 5.64. The molecule has 2 fully saturated rings. The number of phenols is 1. The third-order valence-electron chi connectivity index (χ3n) is 6.99. The highest BCUT2D eigenvalue weighted by Crippen LogP contribution is 2.67. The molecule has 2 aliphatic carbocycles. The third-order valence-corrected chi connectivity index (χ3v) is 6.99. The van der Waals surface area contributed by atoms with Crippen molar-refractivity contribution >= 4 is 0 Å². The van der Waals surface area contributed by atoms with Crippen molar-refractivity contribution in [2.45, 2.75) is 61.3 Å². The largest absolute Gasteiger partial charge is 0.504 e. The fraction of sp³-hybridized carbons (Fsp3) is 0.647. The van der Waals surface area contributed by atoms with Gasteiger partial charge < -0.3 is 26.0 Å². The maximum Gasteiger partial charge on any atom is 0.166 e. The summed E-state index contributed by atoms with van der Waals surface area (Å²) in [6, 6.07) is 3.56. The minimum Gasteiger partial charge on any atom is -0.504 e. The number of rotatable bonds is 0. The summed E-state index contributed by atoms with van der Waals surface area (Å²) in [5.41, 5.74) is 6.62. The molecule has 22 heavy (non-hydrogen) atoms. The SMILES string of the molecule is CC12Oc3c(O)ccc4c3C13CCNC(C4)C3(O)CCC2N. The van der Waals surface area contributed by atoms with E-state index in [1.165, 1.54) is 5.56 Å². The molecule has 118 valence electrons. The molecule has 0 radical (unpaired) electrons. The monoisotopic (exact) mass is 302 g/mol. The van der Waals surface area contributed by atoms with E-state index in [4.69, 9.17) is 10.5 Å². The number of hydrogen-bond acceptors (Lipinski definition) is 5. The van der Waals surface area contributed by atoms with E-state index in [-0.39, 0.29) is 17.8 Å². The molecule has 5 rings (SSSR count). The Morgan fingerprint density at radius 3 is 3.00 bits per heavy atom. The number of nitrogens with two attached hydrogens (primary N) is 1. The molecule has 0 aromatic heterocycles. The van der Waals surface area contributed by atoms with Gasteiger partial charge in [-0.3, -0.25) is 0 Å². The fourth-order valence-electron chi connectivity index (χ4n) is 5.93. The van der Waals surface area contributed by atoms with Gasteiger partial charge in [-0.1, -0.05) is 6.07 Å². The lowest BCUT2D eigenvalue weighted by Crippen LogP contribution is -2.81. The number of phenolic OH excluding ortho intramolecular Hbond substituents is 1. The molecule has 0 amide bonds. The van der Waals surface area contributed by atoms with E-state index in [1.54, 1.807) is 6.07 Å². The lowest BCUT2D eigenvalue weighted by molar-refractivity contribution is -0.188. The second-order valence-electron chi connectivity index (χ2n) is 7.59. The molecule has 1 aromatic carbocycles. The van der Waals surface area contributed by atoms with Gasteiger partial charge in [0.2, 0.25) is 0 Å². The van der Waals surface area contributed by atoms with Crippen LogP contribution in [0.4, 0.5) is 0 Å². The molecular weight excluding hydrogens is 280 g/mol. The van der Waals surface area contributed by atoms with Crippen LogP contribution in [-0.2, 0) is 11.8 Å². The molecule has 1 saturated heterocycles. The van der Waals surface area contributed by atoms with Crippen LogP contribution in [0.2, 0.25) is 0 Å². The van der Waals surface area contributed by atoms with Crippen molar-refractivity contribution in [2.75, 3.05) is 6.54 Å². The highest BCUT2D eigenvalue weighted by Gasteiger charge is 2.76. The molecule has 5 unspecified atom stereocenters. The van der Waals surface area contributed by atoms with Crippen LogP contribution < -0.4 is 15.8 Å². The molecule has 4 aliphatic rings. The molecule has 1 saturated carbocycles. The van der Waals surface area contributed by atoms with Crippen LogP contribution in [0.3, 0.4) is 0 Å². The van der Waals surface area contributed by atoms with E-state index in [9.17, 15) is 10.2 Å². The molecule has 5 nitrogen and oxygen atoms in total. The number of aliphatic hydroxyl groups is 1. The van der Waals surface area contributed by atoms with Gasteiger partial charge in [0.05, 0.1) is 11.0 Å². The van der Waals surface area contributed by atoms with E-state index >= 15 is 0 Å². The molecule has 2 heterocycles. The number of hydrogen-bond donors (Lipinski definition) is 4. The summed E-state index contributed by atoms with van der Waals surface area (Å²) < 4.78 is 6.31. The van der Waals surface area contributed by atoms with E-state index in [1.807, 2.05) is 13.0 Å². The first-order valence-electron chi connectivity index (χ1n) is 8.20. The van der Waals surface area contributed by atoms with Crippen molar-refractivity contribution in [3.05, 3.63) is 23.3 Å². The Labute approximate surface area is 129 Å². The Morgan fingerprint density at radius 2 is 2.18 bits per heavy atom. The van der Waals surface area contributed by atoms with Crippen LogP contribution in [0, 0.1) is 0 Å². The minimum absolute atomic E-state index is 0.0275. The molecule has 5 atom stereocenters. The van der Waals surface area contributed by atoms with E-state index in [0.717, 1.165) is 31.4 Å². The Balaban J connectivity index is 1.91. The zero-order valence-corrected chi connectivity index (χ0v) is 12.7. The Kier molecular flexibility index (Phi) is 2.16. The predicted octanol–water partition coefficient (Wildman–Crippen LogP) is 0.551. The van der Waals surface area contributed by atoms with Gasteiger partial charge in [0.1, 0.15) is 5.60 Å². The van der Waals surface area contributed by atoms with E-state index in [2.05, 4.69) is 5.32 Å². The first-order valence-corrected chi connectivity index (χ1v) is 8.20. The summed E-state index contributed by atoms with van der Waals surface area (Å²) in [6.07, 6.45) is 2.97. The zero-order chi connectivity index (χ0) is 15.3. The Bertz CT molecular complexity index is 693. The molecule has 5 N–H and O–H groups in total. The molecule has 1 aromatic rings. The third kappa shape index (κ3) is 1.08. The van der Waals surface area contributed by atoms with Crippen LogP contribution in [0.25, 0.3) is 0 Å². The van der Waals surface area contributed by atoms with Crippen molar-refractivity contribution in [2.24, 2.45) is 5.73 Å². The summed E-state index contributed by atoms with van der Waals surface area (Å²) in [7, 11) is 0. The van der Waals surface area contributed by atoms with Gasteiger partial charge in [-0.15, -0.1) is 0 Å². The molecule has 5 heteroatoms. The predicted molar refractivity (Wildman–Crippen MR) is 81.1 cm³/mol. The second kappa shape index (κ2) is 3.61. The maximum atomic E-state index is 11.7. The van der Waals surface area contributed by atoms with Crippen molar-refractivity contribution in [3.8, 4) is 11.5 Å². The minimum atomic E-state index is -0.859. The van der Waals surface area contributed by atoms with Gasteiger partial charge in [0.25, 0.3) is 0 Å². The first kappa shape index (κ1) is 13.2. The fourth-order valence-corrected chi connectivity index (χ4v) is 5.93. The van der Waals surface area contributed by atoms with Crippen molar-refractivity contribution in [1.29, 1.82) is 0 Å². The average molecular weight is 302 g/mol. The Morgan fingerprint density at radius 1 is 1.36 bits per heavy atom. The maximum absolute atomic E-state index is 11.7. The number of aromatic hydroxyl groups is 1. The first-order chi connectivity index (χ1) is 10.4. The van der Waals surface area contributed by atoms with E-state index in [0.29, 0.717) is 12.2 Å². The smallest absolute Gasteiger partial charge is 0.166 e. The normalized spacial score (nSPS) is 47.8. The number of nitrogens with one attached hydrogen (secondary N) is 1. The quantitative estimate of drug-likeness (QED) is 0.562. The second-order valence-corrected chi connectivity index (χ2v) is 7.59. The Hall–Kier alpha value is -1.30. The van der Waals surface area contributed by atoms with Gasteiger partial charge >= 0.3 is 0 Å². The summed E-state index contributed by atoms with van der Waals surface area (Å²) in [6.45, 7) is 2.87. The van der Waals surface area contributed by atoms with Crippen LogP contribution >= 0.6 is 0 Å². The topological polar surface area (TPSA) is 87.7 Å². The number of piperidine rings is 1. The van der Waals surface area contributed by atoms with Crippen molar-refractivity contribution < 1.29 is 14.9 Å². The van der Waals surface area contributed by atoms with Crippen LogP contribution in [0.15, 0.2) is 12.1 Å². The summed E-state index contributed by atoms with van der Waals surface area (Å²) >= 11 is 0. The van der Waals surface area contributed by atoms with E-state index < -0.39 is 16.6 Å². The lowest BCUT2D eigenvalue weighted by atomic mass is 9.45. The summed E-state index contributed by atoms with van der Waals surface area (Å²) in [5.74, 6) is 0.714. The van der Waals surface area contributed by atoms with Gasteiger partial charge in [-0.2, -0.15) is 0 Å². The van der Waals surface area contributed by atoms with Gasteiger partial charge in [0, 0.05) is 17.6 Å². The number of benzene rings is 1. The van der Waals surface area contributed by atoms with Crippen LogP contribution in [-0.4, -0.2) is 40.0 Å². The molecular formula is C17H22N2O3. The number of ether oxygens (including phenoxy) is 1. The van der Waals surface area contributed by atoms with Crippen LogP contribution in [0.1, 0.15) is 37.3 Å². The molecule has 2 bridgehead atoms. The van der Waals surface area contributed by atoms with Gasteiger partial charge in [-0.25, -0.2) is 0 Å². The summed E-state index contributed by atoms with van der Waals surface area (Å²) in [5, 5.41) is 25.5. The lowest BCUT2D eigenvalue weighted by Gasteiger charge is -2.64. The highest BCUT2D eigenvalue weighted by atomic mass is 16.5. The standard InChI is InChI=1S/C17H22N2O3/c1-15-11(18)4-5-17(21)12-8-9-2-3-10(20)14(22-15)13(9)16(15,17)6-7-19-12/h2-3,11-12,19-21H,4-8,18H2,1H3. The van der Waals surface area contributed by atoms with Gasteiger partial charge in [-0.05, 0) is 50.8 Å². The van der Waals surface area contributed by atoms with Crippen LogP contribution in [0.5, 0.6) is 11.5 Å². The zero-order valence-electron chi connectivity index (χ0n) is 12.7. The molecule has 2 aliphatic heterocycles. The van der Waals surface area contributed by atoms with Crippen molar-refractivity contribution in [1.82, 2.24) is 5.32 Å².